The summed E-state index contributed by atoms with van der Waals surface area (Å²) in [6.45, 7) is 0.764. The first-order valence-corrected chi connectivity index (χ1v) is 8.13. The van der Waals surface area contributed by atoms with Gasteiger partial charge in [0.25, 0.3) is 5.91 Å². The molecule has 26 heavy (non-hydrogen) atoms. The third-order valence-corrected chi connectivity index (χ3v) is 3.98. The molecule has 1 aliphatic heterocycles. The molecule has 0 radical (unpaired) electrons. The quantitative estimate of drug-likeness (QED) is 0.820. The molecule has 3 rings (SSSR count). The second kappa shape index (κ2) is 7.77. The van der Waals surface area contributed by atoms with E-state index < -0.39 is 17.9 Å². The predicted octanol–water partition coefficient (Wildman–Crippen LogP) is 1.89. The zero-order valence-corrected chi connectivity index (χ0v) is 14.2. The average Bonchev–Trinajstić information content (AvgIpc) is 2.67. The fourth-order valence-corrected chi connectivity index (χ4v) is 2.70. The van der Waals surface area contributed by atoms with Gasteiger partial charge in [0.2, 0.25) is 5.75 Å². The fraction of sp³-hybridized carbons (Fsp3) is 0.263. The molecule has 0 bridgehead atoms. The van der Waals surface area contributed by atoms with Gasteiger partial charge in [-0.1, -0.05) is 30.3 Å². The summed E-state index contributed by atoms with van der Waals surface area (Å²) >= 11 is 0. The van der Waals surface area contributed by atoms with Crippen LogP contribution in [0.3, 0.4) is 0 Å². The Morgan fingerprint density at radius 2 is 1.92 bits per heavy atom. The van der Waals surface area contributed by atoms with Gasteiger partial charge >= 0.3 is 5.97 Å². The topological polar surface area (TPSA) is 94.1 Å². The van der Waals surface area contributed by atoms with Gasteiger partial charge in [0.05, 0.1) is 7.11 Å². The van der Waals surface area contributed by atoms with Crippen molar-refractivity contribution in [1.82, 2.24) is 5.32 Å². The minimum absolute atomic E-state index is 0.184. The Hall–Kier alpha value is -3.22. The molecule has 2 aromatic carbocycles. The van der Waals surface area contributed by atoms with E-state index in [0.29, 0.717) is 30.5 Å². The predicted molar refractivity (Wildman–Crippen MR) is 93.0 cm³/mol. The Balaban J connectivity index is 1.80. The third kappa shape index (κ3) is 3.88. The Morgan fingerprint density at radius 1 is 1.19 bits per heavy atom. The molecule has 0 spiro atoms. The van der Waals surface area contributed by atoms with Crippen LogP contribution in [0.25, 0.3) is 0 Å². The number of carboxylic acids is 1. The Kier molecular flexibility index (Phi) is 5.26. The normalized spacial score (nSPS) is 13.6. The van der Waals surface area contributed by atoms with E-state index in [9.17, 15) is 14.7 Å². The first kappa shape index (κ1) is 17.6. The highest BCUT2D eigenvalue weighted by Gasteiger charge is 2.24. The molecule has 136 valence electrons. The van der Waals surface area contributed by atoms with Gasteiger partial charge in [0.15, 0.2) is 11.5 Å². The number of rotatable bonds is 6. The number of amides is 1. The zero-order valence-electron chi connectivity index (χ0n) is 14.2. The molecule has 2 aromatic rings. The maximum atomic E-state index is 12.6. The van der Waals surface area contributed by atoms with Crippen LogP contribution in [0.15, 0.2) is 42.5 Å². The molecule has 1 atom stereocenters. The molecular weight excluding hydrogens is 338 g/mol. The summed E-state index contributed by atoms with van der Waals surface area (Å²) in [7, 11) is 1.46. The molecule has 0 fully saturated rings. The van der Waals surface area contributed by atoms with Gasteiger partial charge in [-0.05, 0) is 17.7 Å². The second-order valence-electron chi connectivity index (χ2n) is 5.76. The summed E-state index contributed by atoms with van der Waals surface area (Å²) in [6.07, 6.45) is 0.184. The highest BCUT2D eigenvalue weighted by atomic mass is 16.6. The van der Waals surface area contributed by atoms with Gasteiger partial charge in [-0.2, -0.15) is 0 Å². The summed E-state index contributed by atoms with van der Waals surface area (Å²) in [5.74, 6) is -0.428. The molecule has 0 saturated carbocycles. The van der Waals surface area contributed by atoms with E-state index in [1.165, 1.54) is 19.2 Å². The van der Waals surface area contributed by atoms with Gasteiger partial charge in [-0.15, -0.1) is 0 Å². The van der Waals surface area contributed by atoms with Crippen LogP contribution in [0.4, 0.5) is 0 Å². The number of carboxylic acid groups (broad SMARTS) is 1. The minimum Gasteiger partial charge on any atom is -0.493 e. The number of hydrogen-bond donors (Lipinski definition) is 2. The van der Waals surface area contributed by atoms with Crippen LogP contribution in [0, 0.1) is 0 Å². The van der Waals surface area contributed by atoms with E-state index in [-0.39, 0.29) is 12.0 Å². The van der Waals surface area contributed by atoms with Crippen molar-refractivity contribution in [2.75, 3.05) is 20.3 Å². The number of nitrogens with one attached hydrogen (secondary N) is 1. The fourth-order valence-electron chi connectivity index (χ4n) is 2.70. The molecule has 2 N–H and O–H groups in total. The van der Waals surface area contributed by atoms with Gasteiger partial charge < -0.3 is 24.6 Å². The molecular formula is C19H19NO6. The van der Waals surface area contributed by atoms with Crippen molar-refractivity contribution in [1.29, 1.82) is 0 Å². The van der Waals surface area contributed by atoms with Crippen LogP contribution < -0.4 is 19.5 Å². The summed E-state index contributed by atoms with van der Waals surface area (Å²) in [5, 5.41) is 12.0. The lowest BCUT2D eigenvalue weighted by molar-refractivity contribution is -0.139. The summed E-state index contributed by atoms with van der Waals surface area (Å²) in [5.41, 5.74) is 1.06. The number of carbonyl (C=O) groups excluding carboxylic acids is 1. The molecule has 1 amide bonds. The van der Waals surface area contributed by atoms with E-state index in [2.05, 4.69) is 5.32 Å². The van der Waals surface area contributed by atoms with Crippen molar-refractivity contribution in [3.05, 3.63) is 53.6 Å². The number of ether oxygens (including phenoxy) is 3. The van der Waals surface area contributed by atoms with E-state index in [1.807, 2.05) is 30.3 Å². The number of carbonyl (C=O) groups is 2. The van der Waals surface area contributed by atoms with Crippen molar-refractivity contribution in [3.63, 3.8) is 0 Å². The number of methoxy groups -OCH3 is 1. The summed E-state index contributed by atoms with van der Waals surface area (Å²) in [4.78, 5) is 24.1. The van der Waals surface area contributed by atoms with E-state index >= 15 is 0 Å². The van der Waals surface area contributed by atoms with Crippen molar-refractivity contribution < 1.29 is 28.9 Å². The van der Waals surface area contributed by atoms with Crippen molar-refractivity contribution >= 4 is 11.9 Å². The standard InChI is InChI=1S/C19H19NO6/c1-24-15-10-13(11-16-17(15)26-8-7-25-16)18(21)20-14(19(22)23)9-12-5-3-2-4-6-12/h2-6,10-11,14H,7-9H2,1H3,(H,20,21)(H,22,23)/t14-/m0/s1. The van der Waals surface area contributed by atoms with Gasteiger partial charge in [0, 0.05) is 12.0 Å². The monoisotopic (exact) mass is 357 g/mol. The SMILES string of the molecule is COc1cc(C(=O)N[C@@H](Cc2ccccc2)C(=O)O)cc2c1OCCO2. The van der Waals surface area contributed by atoms with Crippen LogP contribution in [0.2, 0.25) is 0 Å². The largest absolute Gasteiger partial charge is 0.493 e. The maximum Gasteiger partial charge on any atom is 0.326 e. The Bertz CT molecular complexity index is 788. The first-order chi connectivity index (χ1) is 12.6. The average molecular weight is 357 g/mol. The maximum absolute atomic E-state index is 12.6. The lowest BCUT2D eigenvalue weighted by Crippen LogP contribution is -2.42. The summed E-state index contributed by atoms with van der Waals surface area (Å²) < 4.78 is 16.3. The molecule has 0 unspecified atom stereocenters. The second-order valence-corrected chi connectivity index (χ2v) is 5.76. The Labute approximate surface area is 150 Å². The Morgan fingerprint density at radius 3 is 2.62 bits per heavy atom. The lowest BCUT2D eigenvalue weighted by atomic mass is 10.1. The molecule has 0 aliphatic carbocycles. The van der Waals surface area contributed by atoms with Crippen molar-refractivity contribution in [2.24, 2.45) is 0 Å². The molecule has 7 nitrogen and oxygen atoms in total. The number of aliphatic carboxylic acids is 1. The molecule has 1 heterocycles. The highest BCUT2D eigenvalue weighted by molar-refractivity contribution is 5.97. The van der Waals surface area contributed by atoms with Gasteiger partial charge in [-0.25, -0.2) is 4.79 Å². The van der Waals surface area contributed by atoms with Gasteiger partial charge in [-0.3, -0.25) is 4.79 Å². The first-order valence-electron chi connectivity index (χ1n) is 8.13. The van der Waals surface area contributed by atoms with Crippen LogP contribution in [-0.4, -0.2) is 43.3 Å². The van der Waals surface area contributed by atoms with E-state index in [0.717, 1.165) is 5.56 Å². The molecule has 0 aromatic heterocycles. The minimum atomic E-state index is -1.10. The van der Waals surface area contributed by atoms with Crippen LogP contribution in [-0.2, 0) is 11.2 Å². The summed E-state index contributed by atoms with van der Waals surface area (Å²) in [6, 6.07) is 11.1. The highest BCUT2D eigenvalue weighted by Crippen LogP contribution is 2.40. The smallest absolute Gasteiger partial charge is 0.326 e. The molecule has 7 heteroatoms. The van der Waals surface area contributed by atoms with Crippen LogP contribution in [0.5, 0.6) is 17.2 Å². The van der Waals surface area contributed by atoms with E-state index in [4.69, 9.17) is 14.2 Å². The number of benzene rings is 2. The zero-order chi connectivity index (χ0) is 18.5. The van der Waals surface area contributed by atoms with Crippen LogP contribution >= 0.6 is 0 Å². The molecule has 0 saturated heterocycles. The van der Waals surface area contributed by atoms with Crippen LogP contribution in [0.1, 0.15) is 15.9 Å². The lowest BCUT2D eigenvalue weighted by Gasteiger charge is -2.22. The molecule has 1 aliphatic rings. The van der Waals surface area contributed by atoms with Crippen molar-refractivity contribution in [3.8, 4) is 17.2 Å². The third-order valence-electron chi connectivity index (χ3n) is 3.98. The number of fused-ring (bicyclic) bond motifs is 1. The van der Waals surface area contributed by atoms with E-state index in [1.54, 1.807) is 0 Å². The van der Waals surface area contributed by atoms with Gasteiger partial charge in [0.1, 0.15) is 19.3 Å². The number of hydrogen-bond acceptors (Lipinski definition) is 5. The van der Waals surface area contributed by atoms with Crippen molar-refractivity contribution in [2.45, 2.75) is 12.5 Å².